The van der Waals surface area contributed by atoms with Crippen LogP contribution in [-0.2, 0) is 0 Å². The molecule has 0 saturated heterocycles. The van der Waals surface area contributed by atoms with E-state index in [0.29, 0.717) is 0 Å². The second-order valence-electron chi connectivity index (χ2n) is 1.49. The van der Waals surface area contributed by atoms with Crippen LogP contribution in [0.5, 0.6) is 0 Å². The maximum atomic E-state index is 11.5. The van der Waals surface area contributed by atoms with Crippen LogP contribution in [0.2, 0.25) is 0 Å². The molecule has 0 amide bonds. The molecule has 0 aliphatic heterocycles. The fourth-order valence-electron chi connectivity index (χ4n) is 0.211. The Morgan fingerprint density at radius 2 is 1.70 bits per heavy atom. The second-order valence-corrected chi connectivity index (χ2v) is 2.71. The fourth-order valence-corrected chi connectivity index (χ4v) is 0.633. The summed E-state index contributed by atoms with van der Waals surface area (Å²) in [6.45, 7) is 1.20. The Labute approximate surface area is 59.8 Å². The molecule has 0 fully saturated rings. The normalized spacial score (nSPS) is 11.2. The van der Waals surface area contributed by atoms with E-state index in [0.717, 1.165) is 0 Å². The van der Waals surface area contributed by atoms with E-state index in [1.54, 1.807) is 0 Å². The quantitative estimate of drug-likeness (QED) is 0.425. The highest BCUT2D eigenvalue weighted by Crippen LogP contribution is 2.23. The van der Waals surface area contributed by atoms with Gasteiger partial charge in [0.25, 0.3) is 0 Å². The molecule has 0 spiro atoms. The first-order valence-corrected chi connectivity index (χ1v) is 3.04. The molecule has 0 aromatic carbocycles. The Morgan fingerprint density at radius 1 is 1.30 bits per heavy atom. The first kappa shape index (κ1) is 9.48. The third kappa shape index (κ3) is 3.49. The maximum absolute atomic E-state index is 11.5. The van der Waals surface area contributed by atoms with E-state index in [9.17, 15) is 13.2 Å². The zero-order valence-electron chi connectivity index (χ0n) is 5.04. The highest BCUT2D eigenvalue weighted by atomic mass is 32.2. The molecule has 6 heteroatoms. The van der Waals surface area contributed by atoms with Gasteiger partial charge in [-0.25, -0.2) is 0 Å². The fraction of sp³-hybridized carbons (Fsp3) is 0.500. The van der Waals surface area contributed by atoms with E-state index < -0.39 is 11.2 Å². The minimum Gasteiger partial charge on any atom is -0.298 e. The van der Waals surface area contributed by atoms with Gasteiger partial charge in [0, 0.05) is 0 Å². The summed E-state index contributed by atoms with van der Waals surface area (Å²) in [5, 5.41) is 11.3. The Bertz CT molecular complexity index is 162. The average Bonchev–Trinajstić information content (AvgIpc) is 1.60. The van der Waals surface area contributed by atoms with Crippen molar-refractivity contribution in [2.24, 2.45) is 0 Å². The third-order valence-corrected chi connectivity index (χ3v) is 1.25. The molecule has 0 unspecified atom stereocenters. The lowest BCUT2D eigenvalue weighted by Gasteiger charge is -2.04. The molecule has 0 aromatic rings. The van der Waals surface area contributed by atoms with Crippen molar-refractivity contribution in [3.63, 3.8) is 0 Å². The summed E-state index contributed by atoms with van der Waals surface area (Å²) < 4.78 is 34.4. The number of hydrogen-bond acceptors (Lipinski definition) is 3. The van der Waals surface area contributed by atoms with Gasteiger partial charge in [-0.05, 0) is 6.92 Å². The first-order chi connectivity index (χ1) is 4.34. The minimum atomic E-state index is -4.60. The van der Waals surface area contributed by atoms with Crippen LogP contribution in [-0.4, -0.2) is 16.3 Å². The van der Waals surface area contributed by atoms with Crippen molar-refractivity contribution in [2.75, 3.05) is 0 Å². The van der Waals surface area contributed by atoms with Crippen molar-refractivity contribution >= 4 is 21.8 Å². The summed E-state index contributed by atoms with van der Waals surface area (Å²) in [6.07, 6.45) is -4.60. The van der Waals surface area contributed by atoms with Crippen LogP contribution in [0.25, 0.3) is 0 Å². The summed E-state index contributed by atoms with van der Waals surface area (Å²) in [4.78, 5) is 0. The molecule has 58 valence electrons. The van der Waals surface area contributed by atoms with E-state index in [1.807, 2.05) is 0 Å². The average molecular weight is 170 g/mol. The topological polar surface area (TPSA) is 47.7 Å². The van der Waals surface area contributed by atoms with Crippen LogP contribution >= 0.6 is 11.8 Å². The van der Waals surface area contributed by atoms with Crippen molar-refractivity contribution in [3.05, 3.63) is 0 Å². The third-order valence-electron chi connectivity index (χ3n) is 0.513. The van der Waals surface area contributed by atoms with E-state index in [4.69, 9.17) is 10.8 Å². The van der Waals surface area contributed by atoms with Crippen molar-refractivity contribution in [1.29, 1.82) is 10.8 Å². The van der Waals surface area contributed by atoms with Crippen molar-refractivity contribution in [3.8, 4) is 0 Å². The molecule has 2 N–H and O–H groups in total. The number of hydrogen-bond donors (Lipinski definition) is 2. The molecular weight excluding hydrogens is 165 g/mol. The molecule has 0 aliphatic carbocycles. The number of nitrogens with one attached hydrogen (secondary N) is 2. The predicted molar refractivity (Wildman–Crippen MR) is 34.8 cm³/mol. The minimum absolute atomic E-state index is 0.103. The van der Waals surface area contributed by atoms with E-state index in [2.05, 4.69) is 0 Å². The van der Waals surface area contributed by atoms with Crippen LogP contribution in [0.1, 0.15) is 6.92 Å². The molecule has 0 aromatic heterocycles. The summed E-state index contributed by atoms with van der Waals surface area (Å²) in [7, 11) is 0. The van der Waals surface area contributed by atoms with Gasteiger partial charge in [-0.1, -0.05) is 11.8 Å². The van der Waals surface area contributed by atoms with Crippen LogP contribution in [0.4, 0.5) is 13.2 Å². The van der Waals surface area contributed by atoms with Gasteiger partial charge in [0.15, 0.2) is 5.04 Å². The predicted octanol–water partition coefficient (Wildman–Crippen LogP) is 2.26. The summed E-state index contributed by atoms with van der Waals surface area (Å²) in [5.74, 6) is 0. The smallest absolute Gasteiger partial charge is 0.298 e. The van der Waals surface area contributed by atoms with E-state index in [1.165, 1.54) is 6.92 Å². The summed E-state index contributed by atoms with van der Waals surface area (Å²) >= 11 is 0.103. The Kier molecular flexibility index (Phi) is 2.89. The molecule has 0 rings (SSSR count). The lowest BCUT2D eigenvalue weighted by molar-refractivity contribution is -0.0560. The van der Waals surface area contributed by atoms with Gasteiger partial charge in [-0.3, -0.25) is 10.8 Å². The summed E-state index contributed by atoms with van der Waals surface area (Å²) in [5.41, 5.74) is 0. The van der Waals surface area contributed by atoms with E-state index >= 15 is 0 Å². The monoisotopic (exact) mass is 170 g/mol. The SMILES string of the molecule is CC(=N)SC(=N)C(F)(F)F. The van der Waals surface area contributed by atoms with Gasteiger partial charge in [0.1, 0.15) is 0 Å². The molecule has 0 heterocycles. The lowest BCUT2D eigenvalue weighted by Crippen LogP contribution is -2.19. The van der Waals surface area contributed by atoms with Gasteiger partial charge in [0.2, 0.25) is 0 Å². The molecular formula is C4H5F3N2S. The highest BCUT2D eigenvalue weighted by Gasteiger charge is 2.35. The highest BCUT2D eigenvalue weighted by molar-refractivity contribution is 8.26. The standard InChI is InChI=1S/C4H5F3N2S/c1-2(8)10-3(9)4(5,6)7/h8-9H,1H3. The summed E-state index contributed by atoms with van der Waals surface area (Å²) in [6, 6.07) is 0. The van der Waals surface area contributed by atoms with Crippen LogP contribution in [0.15, 0.2) is 0 Å². The van der Waals surface area contributed by atoms with Crippen molar-refractivity contribution in [1.82, 2.24) is 0 Å². The number of halogens is 3. The number of alkyl halides is 3. The molecule has 0 saturated carbocycles. The van der Waals surface area contributed by atoms with Crippen LogP contribution in [0.3, 0.4) is 0 Å². The molecule has 2 nitrogen and oxygen atoms in total. The van der Waals surface area contributed by atoms with Crippen LogP contribution in [0, 0.1) is 10.8 Å². The van der Waals surface area contributed by atoms with Crippen molar-refractivity contribution < 1.29 is 13.2 Å². The Balaban J connectivity index is 3.99. The zero-order chi connectivity index (χ0) is 8.36. The second kappa shape index (κ2) is 3.05. The van der Waals surface area contributed by atoms with Gasteiger partial charge in [-0.2, -0.15) is 13.2 Å². The van der Waals surface area contributed by atoms with Gasteiger partial charge >= 0.3 is 6.18 Å². The van der Waals surface area contributed by atoms with E-state index in [-0.39, 0.29) is 16.8 Å². The van der Waals surface area contributed by atoms with Gasteiger partial charge in [-0.15, -0.1) is 0 Å². The Hall–Kier alpha value is -0.520. The maximum Gasteiger partial charge on any atom is 0.439 e. The lowest BCUT2D eigenvalue weighted by atomic mass is 10.7. The molecule has 0 aliphatic rings. The van der Waals surface area contributed by atoms with Crippen molar-refractivity contribution in [2.45, 2.75) is 13.1 Å². The first-order valence-electron chi connectivity index (χ1n) is 2.23. The molecule has 0 atom stereocenters. The van der Waals surface area contributed by atoms with Gasteiger partial charge in [0.05, 0.1) is 5.04 Å². The zero-order valence-corrected chi connectivity index (χ0v) is 5.86. The molecule has 0 radical (unpaired) electrons. The molecule has 0 bridgehead atoms. The van der Waals surface area contributed by atoms with Crippen LogP contribution < -0.4 is 0 Å². The number of rotatable bonds is 0. The molecule has 10 heavy (non-hydrogen) atoms. The largest absolute Gasteiger partial charge is 0.439 e. The Morgan fingerprint density at radius 3 is 1.80 bits per heavy atom. The van der Waals surface area contributed by atoms with Gasteiger partial charge < -0.3 is 0 Å². The number of thioether (sulfide) groups is 1.